The van der Waals surface area contributed by atoms with Gasteiger partial charge < -0.3 is 15.7 Å². The second kappa shape index (κ2) is 5.83. The van der Waals surface area contributed by atoms with Crippen LogP contribution in [0, 0.1) is 5.92 Å². The molecule has 108 valence electrons. The fraction of sp³-hybridized carbons (Fsp3) is 0.562. The number of nitrogens with one attached hydrogen (secondary N) is 2. The predicted molar refractivity (Wildman–Crippen MR) is 78.5 cm³/mol. The zero-order valence-corrected chi connectivity index (χ0v) is 11.6. The highest BCUT2D eigenvalue weighted by atomic mass is 16.3. The van der Waals surface area contributed by atoms with Gasteiger partial charge in [-0.15, -0.1) is 0 Å². The van der Waals surface area contributed by atoms with Gasteiger partial charge in [-0.25, -0.2) is 0 Å². The van der Waals surface area contributed by atoms with Crippen LogP contribution in [0.1, 0.15) is 31.2 Å². The second-order valence-corrected chi connectivity index (χ2v) is 5.91. The molecule has 3 atom stereocenters. The molecule has 0 aromatic heterocycles. The molecule has 1 saturated carbocycles. The van der Waals surface area contributed by atoms with E-state index < -0.39 is 0 Å². The lowest BCUT2D eigenvalue weighted by Gasteiger charge is -2.31. The first-order chi connectivity index (χ1) is 9.74. The first kappa shape index (κ1) is 13.4. The molecule has 0 bridgehead atoms. The molecule has 4 heteroatoms. The first-order valence-electron chi connectivity index (χ1n) is 7.54. The lowest BCUT2D eigenvalue weighted by molar-refractivity contribution is -0.126. The lowest BCUT2D eigenvalue weighted by Crippen LogP contribution is -2.49. The molecule has 1 amide bonds. The Morgan fingerprint density at radius 3 is 2.90 bits per heavy atom. The number of fused-ring (bicyclic) bond motifs is 1. The summed E-state index contributed by atoms with van der Waals surface area (Å²) in [7, 11) is 0. The van der Waals surface area contributed by atoms with E-state index in [-0.39, 0.29) is 24.0 Å². The molecule has 4 nitrogen and oxygen atoms in total. The van der Waals surface area contributed by atoms with Crippen molar-refractivity contribution in [1.82, 2.24) is 5.32 Å². The molecule has 2 aliphatic rings. The topological polar surface area (TPSA) is 61.4 Å². The van der Waals surface area contributed by atoms with Crippen LogP contribution in [-0.4, -0.2) is 29.7 Å². The van der Waals surface area contributed by atoms with Crippen LogP contribution in [0.5, 0.6) is 0 Å². The van der Waals surface area contributed by atoms with Crippen molar-refractivity contribution >= 4 is 11.6 Å². The Morgan fingerprint density at radius 1 is 1.25 bits per heavy atom. The van der Waals surface area contributed by atoms with E-state index >= 15 is 0 Å². The molecule has 0 spiro atoms. The number of carbonyl (C=O) groups excluding carboxylic acids is 1. The summed E-state index contributed by atoms with van der Waals surface area (Å²) in [5.41, 5.74) is 2.33. The molecule has 1 aliphatic heterocycles. The Hall–Kier alpha value is -1.55. The normalized spacial score (nSPS) is 29.1. The number of amides is 1. The molecule has 1 heterocycles. The fourth-order valence-electron chi connectivity index (χ4n) is 3.21. The largest absolute Gasteiger partial charge is 0.391 e. The van der Waals surface area contributed by atoms with Crippen molar-refractivity contribution in [2.75, 3.05) is 11.9 Å². The quantitative estimate of drug-likeness (QED) is 0.769. The van der Waals surface area contributed by atoms with E-state index in [0.29, 0.717) is 6.54 Å². The maximum absolute atomic E-state index is 12.4. The Kier molecular flexibility index (Phi) is 3.92. The Labute approximate surface area is 119 Å². The van der Waals surface area contributed by atoms with E-state index in [1.165, 1.54) is 5.56 Å². The SMILES string of the molecule is O=C(NC1CCCCC1O)C1CNc2ccccc2C1. The van der Waals surface area contributed by atoms with Gasteiger partial charge in [0.1, 0.15) is 0 Å². The van der Waals surface area contributed by atoms with E-state index in [9.17, 15) is 9.90 Å². The number of rotatable bonds is 2. The summed E-state index contributed by atoms with van der Waals surface area (Å²) in [5, 5.41) is 16.3. The lowest BCUT2D eigenvalue weighted by atomic mass is 9.90. The van der Waals surface area contributed by atoms with Gasteiger partial charge in [-0.1, -0.05) is 31.0 Å². The average Bonchev–Trinajstić information content (AvgIpc) is 2.49. The molecule has 1 aliphatic carbocycles. The van der Waals surface area contributed by atoms with E-state index in [0.717, 1.165) is 37.8 Å². The van der Waals surface area contributed by atoms with Crippen molar-refractivity contribution in [3.8, 4) is 0 Å². The average molecular weight is 274 g/mol. The van der Waals surface area contributed by atoms with Crippen LogP contribution in [0.15, 0.2) is 24.3 Å². The van der Waals surface area contributed by atoms with Crippen LogP contribution < -0.4 is 10.6 Å². The molecule has 3 N–H and O–H groups in total. The van der Waals surface area contributed by atoms with E-state index in [2.05, 4.69) is 16.7 Å². The van der Waals surface area contributed by atoms with Gasteiger partial charge in [0.05, 0.1) is 18.1 Å². The van der Waals surface area contributed by atoms with Crippen molar-refractivity contribution in [2.45, 2.75) is 44.2 Å². The van der Waals surface area contributed by atoms with Crippen molar-refractivity contribution in [2.24, 2.45) is 5.92 Å². The van der Waals surface area contributed by atoms with Gasteiger partial charge in [-0.3, -0.25) is 4.79 Å². The number of anilines is 1. The van der Waals surface area contributed by atoms with Crippen LogP contribution in [0.2, 0.25) is 0 Å². The summed E-state index contributed by atoms with van der Waals surface area (Å²) in [5.74, 6) is 0.0250. The molecule has 20 heavy (non-hydrogen) atoms. The number of hydrogen-bond acceptors (Lipinski definition) is 3. The first-order valence-corrected chi connectivity index (χ1v) is 7.54. The third kappa shape index (κ3) is 2.80. The standard InChI is InChI=1S/C16H22N2O2/c19-15-8-4-3-7-14(15)18-16(20)12-9-11-5-1-2-6-13(11)17-10-12/h1-2,5-6,12,14-15,17,19H,3-4,7-10H2,(H,18,20). The molecule has 0 radical (unpaired) electrons. The summed E-state index contributed by atoms with van der Waals surface area (Å²) in [6.07, 6.45) is 4.24. The highest BCUT2D eigenvalue weighted by molar-refractivity contribution is 5.81. The van der Waals surface area contributed by atoms with Gasteiger partial charge in [-0.2, -0.15) is 0 Å². The summed E-state index contributed by atoms with van der Waals surface area (Å²) in [6.45, 7) is 0.672. The maximum atomic E-state index is 12.4. The molecule has 0 saturated heterocycles. The van der Waals surface area contributed by atoms with Gasteiger partial charge in [0.15, 0.2) is 0 Å². The molecule has 1 aromatic carbocycles. The third-order valence-electron chi connectivity index (χ3n) is 4.45. The van der Waals surface area contributed by atoms with Crippen LogP contribution in [-0.2, 0) is 11.2 Å². The van der Waals surface area contributed by atoms with Gasteiger partial charge in [-0.05, 0) is 30.9 Å². The van der Waals surface area contributed by atoms with Crippen LogP contribution in [0.3, 0.4) is 0 Å². The number of aliphatic hydroxyl groups is 1. The molecular weight excluding hydrogens is 252 g/mol. The van der Waals surface area contributed by atoms with E-state index in [1.807, 2.05) is 18.2 Å². The minimum Gasteiger partial charge on any atom is -0.391 e. The number of benzene rings is 1. The minimum absolute atomic E-state index is 0.0426. The molecular formula is C16H22N2O2. The van der Waals surface area contributed by atoms with Crippen molar-refractivity contribution in [3.05, 3.63) is 29.8 Å². The molecule has 3 rings (SSSR count). The highest BCUT2D eigenvalue weighted by Crippen LogP contribution is 2.25. The maximum Gasteiger partial charge on any atom is 0.225 e. The molecule has 1 aromatic rings. The number of para-hydroxylation sites is 1. The van der Waals surface area contributed by atoms with Gasteiger partial charge in [0.25, 0.3) is 0 Å². The van der Waals surface area contributed by atoms with Crippen LogP contribution in [0.4, 0.5) is 5.69 Å². The smallest absolute Gasteiger partial charge is 0.225 e. The van der Waals surface area contributed by atoms with Gasteiger partial charge in [0, 0.05) is 12.2 Å². The Balaban J connectivity index is 1.61. The predicted octanol–water partition coefficient (Wildman–Crippen LogP) is 1.69. The molecule has 1 fully saturated rings. The zero-order chi connectivity index (χ0) is 13.9. The van der Waals surface area contributed by atoms with E-state index in [1.54, 1.807) is 0 Å². The van der Waals surface area contributed by atoms with E-state index in [4.69, 9.17) is 0 Å². The summed E-state index contributed by atoms with van der Waals surface area (Å²) >= 11 is 0. The number of aliphatic hydroxyl groups excluding tert-OH is 1. The van der Waals surface area contributed by atoms with Crippen LogP contribution in [0.25, 0.3) is 0 Å². The summed E-state index contributed by atoms with van der Waals surface area (Å²) in [4.78, 5) is 12.4. The Bertz CT molecular complexity index is 489. The highest BCUT2D eigenvalue weighted by Gasteiger charge is 2.29. The third-order valence-corrected chi connectivity index (χ3v) is 4.45. The summed E-state index contributed by atoms with van der Waals surface area (Å²) in [6, 6.07) is 8.07. The van der Waals surface area contributed by atoms with Gasteiger partial charge >= 0.3 is 0 Å². The fourth-order valence-corrected chi connectivity index (χ4v) is 3.21. The monoisotopic (exact) mass is 274 g/mol. The zero-order valence-electron chi connectivity index (χ0n) is 11.6. The van der Waals surface area contributed by atoms with Crippen molar-refractivity contribution < 1.29 is 9.90 Å². The van der Waals surface area contributed by atoms with Crippen molar-refractivity contribution in [3.63, 3.8) is 0 Å². The number of carbonyl (C=O) groups is 1. The number of hydrogen-bond donors (Lipinski definition) is 3. The van der Waals surface area contributed by atoms with Gasteiger partial charge in [0.2, 0.25) is 5.91 Å². The minimum atomic E-state index is -0.378. The Morgan fingerprint density at radius 2 is 2.05 bits per heavy atom. The second-order valence-electron chi connectivity index (χ2n) is 5.91. The molecule has 3 unspecified atom stereocenters. The van der Waals surface area contributed by atoms with Crippen LogP contribution >= 0.6 is 0 Å². The summed E-state index contributed by atoms with van der Waals surface area (Å²) < 4.78 is 0. The van der Waals surface area contributed by atoms with Crippen molar-refractivity contribution in [1.29, 1.82) is 0 Å².